The Morgan fingerprint density at radius 2 is 1.40 bits per heavy atom. The third-order valence-corrected chi connectivity index (χ3v) is 4.89. The highest BCUT2D eigenvalue weighted by Gasteiger charge is 2.15. The molecule has 0 atom stereocenters. The number of ether oxygens (including phenoxy) is 2. The first-order valence-electron chi connectivity index (χ1n) is 11.7. The Bertz CT molecular complexity index is 628. The molecule has 5 heteroatoms. The SMILES string of the molecule is CCCCCCC(=O)Oc1ccc(CCNC(C)C)cc1OC(=O)CCCCCC. The van der Waals surface area contributed by atoms with Crippen molar-refractivity contribution >= 4 is 11.9 Å². The van der Waals surface area contributed by atoms with Gasteiger partial charge in [0, 0.05) is 18.9 Å². The molecule has 0 saturated heterocycles. The Kier molecular flexibility index (Phi) is 13.9. The molecule has 1 aromatic carbocycles. The van der Waals surface area contributed by atoms with E-state index in [2.05, 4.69) is 33.0 Å². The summed E-state index contributed by atoms with van der Waals surface area (Å²) in [6.07, 6.45) is 9.73. The lowest BCUT2D eigenvalue weighted by Gasteiger charge is -2.13. The molecule has 0 fully saturated rings. The summed E-state index contributed by atoms with van der Waals surface area (Å²) < 4.78 is 11.1. The van der Waals surface area contributed by atoms with Crippen molar-refractivity contribution in [2.24, 2.45) is 0 Å². The van der Waals surface area contributed by atoms with Gasteiger partial charge in [-0.1, -0.05) is 72.3 Å². The lowest BCUT2D eigenvalue weighted by molar-refractivity contribution is -0.137. The van der Waals surface area contributed by atoms with Crippen LogP contribution in [0.3, 0.4) is 0 Å². The Labute approximate surface area is 182 Å². The van der Waals surface area contributed by atoms with Gasteiger partial charge in [-0.3, -0.25) is 9.59 Å². The zero-order chi connectivity index (χ0) is 22.2. The van der Waals surface area contributed by atoms with Gasteiger partial charge in [-0.2, -0.15) is 0 Å². The summed E-state index contributed by atoms with van der Waals surface area (Å²) in [5, 5.41) is 3.38. The second-order valence-corrected chi connectivity index (χ2v) is 8.21. The van der Waals surface area contributed by atoms with Crippen LogP contribution in [0.25, 0.3) is 0 Å². The van der Waals surface area contributed by atoms with Crippen molar-refractivity contribution < 1.29 is 19.1 Å². The maximum atomic E-state index is 12.3. The molecule has 170 valence electrons. The molecule has 0 radical (unpaired) electrons. The van der Waals surface area contributed by atoms with Crippen LogP contribution in [0.2, 0.25) is 0 Å². The Morgan fingerprint density at radius 3 is 1.93 bits per heavy atom. The van der Waals surface area contributed by atoms with Crippen LogP contribution in [0.15, 0.2) is 18.2 Å². The second-order valence-electron chi connectivity index (χ2n) is 8.21. The van der Waals surface area contributed by atoms with Crippen LogP contribution < -0.4 is 14.8 Å². The molecule has 1 rings (SSSR count). The molecule has 1 aromatic rings. The number of hydrogen-bond acceptors (Lipinski definition) is 5. The highest BCUT2D eigenvalue weighted by atomic mass is 16.6. The molecule has 0 amide bonds. The number of unbranched alkanes of at least 4 members (excludes halogenated alkanes) is 6. The van der Waals surface area contributed by atoms with Gasteiger partial charge in [0.15, 0.2) is 11.5 Å². The third kappa shape index (κ3) is 12.0. The largest absolute Gasteiger partial charge is 0.423 e. The maximum Gasteiger partial charge on any atom is 0.311 e. The smallest absolute Gasteiger partial charge is 0.311 e. The lowest BCUT2D eigenvalue weighted by atomic mass is 10.1. The Morgan fingerprint density at radius 1 is 0.833 bits per heavy atom. The van der Waals surface area contributed by atoms with Gasteiger partial charge < -0.3 is 14.8 Å². The number of carbonyl (C=O) groups excluding carboxylic acids is 2. The van der Waals surface area contributed by atoms with E-state index < -0.39 is 0 Å². The molecule has 0 saturated carbocycles. The molecule has 1 N–H and O–H groups in total. The zero-order valence-corrected chi connectivity index (χ0v) is 19.4. The molecule has 0 aliphatic rings. The van der Waals surface area contributed by atoms with Crippen molar-refractivity contribution in [2.75, 3.05) is 6.54 Å². The quantitative estimate of drug-likeness (QED) is 0.203. The van der Waals surface area contributed by atoms with Crippen molar-refractivity contribution in [3.05, 3.63) is 23.8 Å². The van der Waals surface area contributed by atoms with Gasteiger partial charge >= 0.3 is 11.9 Å². The number of nitrogens with one attached hydrogen (secondary N) is 1. The minimum atomic E-state index is -0.277. The standard InChI is InChI=1S/C25H41NO4/c1-5-7-9-11-13-24(27)29-22-16-15-21(17-18-26-20(3)4)19-23(22)30-25(28)14-12-10-8-6-2/h15-16,19-20,26H,5-14,17-18H2,1-4H3. The van der Waals surface area contributed by atoms with E-state index in [1.165, 1.54) is 0 Å². The van der Waals surface area contributed by atoms with E-state index in [0.717, 1.165) is 69.9 Å². The van der Waals surface area contributed by atoms with E-state index in [0.29, 0.717) is 30.4 Å². The first-order chi connectivity index (χ1) is 14.5. The minimum absolute atomic E-state index is 0.274. The summed E-state index contributed by atoms with van der Waals surface area (Å²) in [5.41, 5.74) is 1.04. The molecule has 0 bridgehead atoms. The first kappa shape index (κ1) is 26.2. The molecular weight excluding hydrogens is 378 g/mol. The monoisotopic (exact) mass is 419 g/mol. The van der Waals surface area contributed by atoms with Crippen LogP contribution in [0.5, 0.6) is 11.5 Å². The van der Waals surface area contributed by atoms with Crippen LogP contribution in [-0.4, -0.2) is 24.5 Å². The molecule has 0 spiro atoms. The zero-order valence-electron chi connectivity index (χ0n) is 19.4. The summed E-state index contributed by atoms with van der Waals surface area (Å²) in [7, 11) is 0. The highest BCUT2D eigenvalue weighted by Crippen LogP contribution is 2.30. The number of hydrogen-bond donors (Lipinski definition) is 1. The molecular formula is C25H41NO4. The van der Waals surface area contributed by atoms with E-state index >= 15 is 0 Å². The molecule has 30 heavy (non-hydrogen) atoms. The van der Waals surface area contributed by atoms with Gasteiger partial charge in [-0.15, -0.1) is 0 Å². The van der Waals surface area contributed by atoms with Gasteiger partial charge in [0.2, 0.25) is 0 Å². The minimum Gasteiger partial charge on any atom is -0.423 e. The summed E-state index contributed by atoms with van der Waals surface area (Å²) in [6, 6.07) is 5.92. The summed E-state index contributed by atoms with van der Waals surface area (Å²) >= 11 is 0. The third-order valence-electron chi connectivity index (χ3n) is 4.89. The average molecular weight is 420 g/mol. The lowest BCUT2D eigenvalue weighted by Crippen LogP contribution is -2.25. The average Bonchev–Trinajstić information content (AvgIpc) is 2.70. The maximum absolute atomic E-state index is 12.3. The van der Waals surface area contributed by atoms with E-state index in [-0.39, 0.29) is 11.9 Å². The fourth-order valence-electron chi connectivity index (χ4n) is 3.12. The van der Waals surface area contributed by atoms with Crippen molar-refractivity contribution in [1.82, 2.24) is 5.32 Å². The fourth-order valence-corrected chi connectivity index (χ4v) is 3.12. The van der Waals surface area contributed by atoms with Gasteiger partial charge in [-0.25, -0.2) is 0 Å². The van der Waals surface area contributed by atoms with Crippen LogP contribution in [0.4, 0.5) is 0 Å². The number of esters is 2. The van der Waals surface area contributed by atoms with Gasteiger partial charge in [0.25, 0.3) is 0 Å². The fraction of sp³-hybridized carbons (Fsp3) is 0.680. The van der Waals surface area contributed by atoms with Crippen LogP contribution in [0.1, 0.15) is 97.5 Å². The number of benzene rings is 1. The topological polar surface area (TPSA) is 64.6 Å². The van der Waals surface area contributed by atoms with Crippen molar-refractivity contribution in [1.29, 1.82) is 0 Å². The van der Waals surface area contributed by atoms with Crippen molar-refractivity contribution in [2.45, 2.75) is 104 Å². The summed E-state index contributed by atoms with van der Waals surface area (Å²) in [6.45, 7) is 9.32. The van der Waals surface area contributed by atoms with E-state index in [9.17, 15) is 9.59 Å². The molecule has 0 aromatic heterocycles. The predicted molar refractivity (Wildman–Crippen MR) is 122 cm³/mol. The molecule has 5 nitrogen and oxygen atoms in total. The van der Waals surface area contributed by atoms with Crippen LogP contribution in [-0.2, 0) is 16.0 Å². The van der Waals surface area contributed by atoms with E-state index in [1.54, 1.807) is 6.07 Å². The van der Waals surface area contributed by atoms with Gasteiger partial charge in [0.05, 0.1) is 0 Å². The van der Waals surface area contributed by atoms with Crippen molar-refractivity contribution in [3.63, 3.8) is 0 Å². The summed E-state index contributed by atoms with van der Waals surface area (Å²) in [4.78, 5) is 24.5. The van der Waals surface area contributed by atoms with Gasteiger partial charge in [-0.05, 0) is 43.5 Å². The van der Waals surface area contributed by atoms with Crippen molar-refractivity contribution in [3.8, 4) is 11.5 Å². The summed E-state index contributed by atoms with van der Waals surface area (Å²) in [5.74, 6) is 0.127. The molecule has 0 aliphatic heterocycles. The van der Waals surface area contributed by atoms with E-state index in [4.69, 9.17) is 9.47 Å². The molecule has 0 heterocycles. The number of carbonyl (C=O) groups is 2. The molecule has 0 aliphatic carbocycles. The van der Waals surface area contributed by atoms with Crippen LogP contribution in [0, 0.1) is 0 Å². The Hall–Kier alpha value is -1.88. The second kappa shape index (κ2) is 15.9. The molecule has 0 unspecified atom stereocenters. The van der Waals surface area contributed by atoms with Gasteiger partial charge in [0.1, 0.15) is 0 Å². The van der Waals surface area contributed by atoms with E-state index in [1.807, 2.05) is 12.1 Å². The number of rotatable bonds is 16. The Balaban J connectivity index is 2.75. The highest BCUT2D eigenvalue weighted by molar-refractivity contribution is 5.76. The predicted octanol–water partition coefficient (Wildman–Crippen LogP) is 5.98. The first-order valence-corrected chi connectivity index (χ1v) is 11.7. The van der Waals surface area contributed by atoms with Crippen LogP contribution >= 0.6 is 0 Å². The normalized spacial score (nSPS) is 11.0.